The second-order valence-corrected chi connectivity index (χ2v) is 3.50. The molecule has 0 amide bonds. The number of benzene rings is 1. The fraction of sp³-hybridized carbons (Fsp3) is 0.462. The van der Waals surface area contributed by atoms with Gasteiger partial charge in [0.2, 0.25) is 0 Å². The molecule has 0 aliphatic rings. The van der Waals surface area contributed by atoms with Crippen LogP contribution < -0.4 is 18.9 Å². The Balaban J connectivity index is 0.00000169. The van der Waals surface area contributed by atoms with Gasteiger partial charge < -0.3 is 6.92 Å². The van der Waals surface area contributed by atoms with E-state index in [1.54, 1.807) is 0 Å². The summed E-state index contributed by atoms with van der Waals surface area (Å²) in [5.41, 5.74) is 1.47. The minimum absolute atomic E-state index is 0. The zero-order valence-electron chi connectivity index (χ0n) is 9.34. The summed E-state index contributed by atoms with van der Waals surface area (Å²) in [5, 5.41) is 0. The molecule has 1 aromatic carbocycles. The van der Waals surface area contributed by atoms with E-state index >= 15 is 0 Å². The molecule has 14 heavy (non-hydrogen) atoms. The van der Waals surface area contributed by atoms with Crippen LogP contribution in [0.5, 0.6) is 0 Å². The quantitative estimate of drug-likeness (QED) is 0.350. The van der Waals surface area contributed by atoms with Crippen molar-refractivity contribution in [2.24, 2.45) is 0 Å². The minimum Gasteiger partial charge on any atom is -0.343 e. The number of hydrogen-bond acceptors (Lipinski definition) is 0. The summed E-state index contributed by atoms with van der Waals surface area (Å²) in [5.74, 6) is 0. The maximum Gasteiger partial charge on any atom is 1.00 e. The van der Waals surface area contributed by atoms with E-state index in [9.17, 15) is 0 Å². The number of aryl methyl sites for hydroxylation is 1. The molecule has 0 N–H and O–H groups in total. The number of rotatable bonds is 6. The summed E-state index contributed by atoms with van der Waals surface area (Å²) in [4.78, 5) is 0. The van der Waals surface area contributed by atoms with Gasteiger partial charge >= 0.3 is 18.9 Å². The zero-order valence-corrected chi connectivity index (χ0v) is 9.34. The fourth-order valence-corrected chi connectivity index (χ4v) is 1.50. The molecule has 1 rings (SSSR count). The molecular weight excluding hydrogens is 163 g/mol. The van der Waals surface area contributed by atoms with E-state index in [2.05, 4.69) is 37.3 Å². The Morgan fingerprint density at radius 3 is 2.14 bits per heavy atom. The van der Waals surface area contributed by atoms with Crippen molar-refractivity contribution in [1.82, 2.24) is 0 Å². The van der Waals surface area contributed by atoms with Crippen molar-refractivity contribution in [3.63, 3.8) is 0 Å². The first-order valence-electron chi connectivity index (χ1n) is 5.26. The van der Waals surface area contributed by atoms with Gasteiger partial charge in [-0.1, -0.05) is 49.6 Å². The van der Waals surface area contributed by atoms with Crippen LogP contribution in [0.3, 0.4) is 0 Å². The average molecular weight is 182 g/mol. The normalized spacial score (nSPS) is 9.50. The molecular formula is C13H19Li. The summed E-state index contributed by atoms with van der Waals surface area (Å²) >= 11 is 0. The second kappa shape index (κ2) is 9.38. The van der Waals surface area contributed by atoms with E-state index in [0.29, 0.717) is 0 Å². The van der Waals surface area contributed by atoms with Gasteiger partial charge in [-0.15, -0.1) is 0 Å². The molecule has 1 aromatic rings. The van der Waals surface area contributed by atoms with Gasteiger partial charge in [0.15, 0.2) is 0 Å². The van der Waals surface area contributed by atoms with Crippen LogP contribution in [0.15, 0.2) is 30.3 Å². The maximum absolute atomic E-state index is 3.84. The van der Waals surface area contributed by atoms with Crippen molar-refractivity contribution in [2.45, 2.75) is 38.5 Å². The summed E-state index contributed by atoms with van der Waals surface area (Å²) in [6.45, 7) is 3.84. The Hall–Kier alpha value is -0.183. The predicted molar refractivity (Wildman–Crippen MR) is 58.6 cm³/mol. The van der Waals surface area contributed by atoms with Crippen molar-refractivity contribution in [3.05, 3.63) is 42.8 Å². The smallest absolute Gasteiger partial charge is 0.343 e. The van der Waals surface area contributed by atoms with Crippen molar-refractivity contribution >= 4 is 0 Å². The molecule has 0 bridgehead atoms. The zero-order chi connectivity index (χ0) is 9.36. The van der Waals surface area contributed by atoms with Crippen LogP contribution in [-0.4, -0.2) is 0 Å². The topological polar surface area (TPSA) is 0 Å². The Morgan fingerprint density at radius 1 is 0.857 bits per heavy atom. The molecule has 0 atom stereocenters. The van der Waals surface area contributed by atoms with Crippen LogP contribution in [0.1, 0.15) is 37.7 Å². The van der Waals surface area contributed by atoms with Crippen molar-refractivity contribution in [3.8, 4) is 0 Å². The van der Waals surface area contributed by atoms with E-state index in [1.165, 1.54) is 37.7 Å². The first-order chi connectivity index (χ1) is 6.43. The molecule has 0 fully saturated rings. The standard InChI is InChI=1S/C13H19.Li/c1-2-3-4-5-7-10-13-11-8-6-9-12-13;/h6,8-9,11-12H,1-5,7,10H2;/q-1;+1. The molecule has 0 radical (unpaired) electrons. The third-order valence-electron chi connectivity index (χ3n) is 2.31. The first-order valence-corrected chi connectivity index (χ1v) is 5.26. The van der Waals surface area contributed by atoms with Crippen molar-refractivity contribution < 1.29 is 18.9 Å². The number of hydrogen-bond donors (Lipinski definition) is 0. The Morgan fingerprint density at radius 2 is 1.50 bits per heavy atom. The fourth-order valence-electron chi connectivity index (χ4n) is 1.50. The van der Waals surface area contributed by atoms with Crippen LogP contribution in [0.25, 0.3) is 0 Å². The molecule has 1 heteroatoms. The number of unbranched alkanes of at least 4 members (excludes halogenated alkanes) is 4. The third kappa shape index (κ3) is 6.30. The largest absolute Gasteiger partial charge is 1.00 e. The van der Waals surface area contributed by atoms with E-state index in [-0.39, 0.29) is 18.9 Å². The second-order valence-electron chi connectivity index (χ2n) is 3.50. The molecule has 72 valence electrons. The van der Waals surface area contributed by atoms with Gasteiger partial charge in [0.05, 0.1) is 0 Å². The molecule has 0 saturated heterocycles. The Labute approximate surface area is 100 Å². The van der Waals surface area contributed by atoms with Gasteiger partial charge in [-0.25, -0.2) is 0 Å². The summed E-state index contributed by atoms with van der Waals surface area (Å²) in [6.07, 6.45) is 7.63. The summed E-state index contributed by atoms with van der Waals surface area (Å²) in [6, 6.07) is 10.7. The first kappa shape index (κ1) is 13.8. The molecule has 0 aliphatic heterocycles. The Kier molecular flexibility index (Phi) is 9.25. The average Bonchev–Trinajstić information content (AvgIpc) is 2.19. The molecule has 0 saturated carbocycles. The van der Waals surface area contributed by atoms with Crippen LogP contribution in [0, 0.1) is 6.92 Å². The van der Waals surface area contributed by atoms with Crippen LogP contribution in [0.4, 0.5) is 0 Å². The molecule has 0 heterocycles. The molecule has 0 unspecified atom stereocenters. The van der Waals surface area contributed by atoms with E-state index in [1.807, 2.05) is 0 Å². The SMILES string of the molecule is [CH2-]CCCCCCc1ccccc1.[Li+]. The molecule has 0 aliphatic carbocycles. The summed E-state index contributed by atoms with van der Waals surface area (Å²) in [7, 11) is 0. The van der Waals surface area contributed by atoms with Crippen LogP contribution in [0.2, 0.25) is 0 Å². The van der Waals surface area contributed by atoms with Gasteiger partial charge in [-0.2, -0.15) is 6.42 Å². The summed E-state index contributed by atoms with van der Waals surface area (Å²) < 4.78 is 0. The van der Waals surface area contributed by atoms with Gasteiger partial charge in [0, 0.05) is 0 Å². The predicted octanol–water partition coefficient (Wildman–Crippen LogP) is 1.02. The molecule has 0 nitrogen and oxygen atoms in total. The van der Waals surface area contributed by atoms with Crippen LogP contribution in [-0.2, 0) is 6.42 Å². The maximum atomic E-state index is 3.84. The van der Waals surface area contributed by atoms with E-state index in [0.717, 1.165) is 6.42 Å². The van der Waals surface area contributed by atoms with Gasteiger partial charge in [-0.05, 0) is 18.4 Å². The third-order valence-corrected chi connectivity index (χ3v) is 2.31. The molecule has 0 spiro atoms. The van der Waals surface area contributed by atoms with Gasteiger partial charge in [0.25, 0.3) is 0 Å². The van der Waals surface area contributed by atoms with Gasteiger partial charge in [-0.3, -0.25) is 0 Å². The van der Waals surface area contributed by atoms with Gasteiger partial charge in [0.1, 0.15) is 0 Å². The molecule has 0 aromatic heterocycles. The monoisotopic (exact) mass is 182 g/mol. The Bertz CT molecular complexity index is 206. The van der Waals surface area contributed by atoms with E-state index in [4.69, 9.17) is 0 Å². The van der Waals surface area contributed by atoms with E-state index < -0.39 is 0 Å². The van der Waals surface area contributed by atoms with Crippen molar-refractivity contribution in [1.29, 1.82) is 0 Å². The minimum atomic E-state index is 0. The van der Waals surface area contributed by atoms with Crippen LogP contribution >= 0.6 is 0 Å². The van der Waals surface area contributed by atoms with Crippen molar-refractivity contribution in [2.75, 3.05) is 0 Å².